The summed E-state index contributed by atoms with van der Waals surface area (Å²) in [5, 5.41) is 0. The van der Waals surface area contributed by atoms with Gasteiger partial charge in [-0.3, -0.25) is 14.5 Å². The fraction of sp³-hybridized carbons (Fsp3) is 0.625. The summed E-state index contributed by atoms with van der Waals surface area (Å²) in [6.07, 6.45) is 8.46. The Bertz CT molecular complexity index is 1020. The van der Waals surface area contributed by atoms with E-state index in [0.717, 1.165) is 61.3 Å². The van der Waals surface area contributed by atoms with Crippen molar-refractivity contribution in [2.24, 2.45) is 0 Å². The second kappa shape index (κ2) is 8.51. The molecule has 0 radical (unpaired) electrons. The van der Waals surface area contributed by atoms with Crippen molar-refractivity contribution in [1.29, 1.82) is 0 Å². The van der Waals surface area contributed by atoms with Crippen LogP contribution in [0.25, 0.3) is 0 Å². The van der Waals surface area contributed by atoms with E-state index in [1.807, 2.05) is 4.90 Å². The van der Waals surface area contributed by atoms with Crippen molar-refractivity contribution in [3.63, 3.8) is 0 Å². The molecule has 2 aromatic heterocycles. The minimum absolute atomic E-state index is 0.0226. The van der Waals surface area contributed by atoms with Crippen LogP contribution in [0.1, 0.15) is 89.2 Å². The van der Waals surface area contributed by atoms with E-state index in [9.17, 15) is 9.59 Å². The van der Waals surface area contributed by atoms with Crippen LogP contribution < -0.4 is 5.56 Å². The van der Waals surface area contributed by atoms with E-state index in [2.05, 4.69) is 29.8 Å². The number of nitrogens with one attached hydrogen (secondary N) is 1. The van der Waals surface area contributed by atoms with Crippen LogP contribution >= 0.6 is 11.3 Å². The van der Waals surface area contributed by atoms with Crippen LogP contribution in [0.2, 0.25) is 0 Å². The van der Waals surface area contributed by atoms with Crippen molar-refractivity contribution >= 4 is 17.2 Å². The minimum Gasteiger partial charge on any atom is -0.328 e. The van der Waals surface area contributed by atoms with Gasteiger partial charge in [0.25, 0.3) is 11.5 Å². The number of aryl methyl sites for hydroxylation is 2. The molecule has 166 valence electrons. The molecule has 6 nitrogen and oxygen atoms in total. The third-order valence-corrected chi connectivity index (χ3v) is 8.36. The first-order chi connectivity index (χ1) is 15.0. The van der Waals surface area contributed by atoms with Crippen LogP contribution in [0.3, 0.4) is 0 Å². The SMILES string of the molecule is CC(C)N1CCc2c(nc(C3CCCN3C(=O)c3cc4c(s3)CCCCC4)[nH]c2=O)C1. The van der Waals surface area contributed by atoms with Crippen molar-refractivity contribution in [1.82, 2.24) is 19.8 Å². The minimum atomic E-state index is -0.137. The predicted molar refractivity (Wildman–Crippen MR) is 123 cm³/mol. The first kappa shape index (κ1) is 20.9. The Morgan fingerprint density at radius 2 is 2.00 bits per heavy atom. The summed E-state index contributed by atoms with van der Waals surface area (Å²) in [6, 6.07) is 2.42. The van der Waals surface area contributed by atoms with E-state index in [4.69, 9.17) is 4.98 Å². The number of aromatic amines is 1. The average Bonchev–Trinajstić information content (AvgIpc) is 3.35. The monoisotopic (exact) mass is 440 g/mol. The van der Waals surface area contributed by atoms with Gasteiger partial charge in [-0.05, 0) is 70.4 Å². The van der Waals surface area contributed by atoms with Gasteiger partial charge in [0.1, 0.15) is 5.82 Å². The highest BCUT2D eigenvalue weighted by atomic mass is 32.1. The maximum Gasteiger partial charge on any atom is 0.264 e. The second-order valence-corrected chi connectivity index (χ2v) is 10.6. The van der Waals surface area contributed by atoms with E-state index in [-0.39, 0.29) is 17.5 Å². The summed E-state index contributed by atoms with van der Waals surface area (Å²) < 4.78 is 0. The highest BCUT2D eigenvalue weighted by Gasteiger charge is 2.34. The molecule has 1 amide bonds. The zero-order valence-electron chi connectivity index (χ0n) is 18.6. The summed E-state index contributed by atoms with van der Waals surface area (Å²) in [5.74, 6) is 0.767. The molecule has 4 heterocycles. The van der Waals surface area contributed by atoms with E-state index in [1.165, 1.54) is 29.7 Å². The third kappa shape index (κ3) is 3.98. The van der Waals surface area contributed by atoms with E-state index >= 15 is 0 Å². The zero-order valence-corrected chi connectivity index (χ0v) is 19.4. The Kier molecular flexibility index (Phi) is 5.73. The summed E-state index contributed by atoms with van der Waals surface area (Å²) in [7, 11) is 0. The molecule has 5 rings (SSSR count). The van der Waals surface area contributed by atoms with E-state index in [1.54, 1.807) is 11.3 Å². The van der Waals surface area contributed by atoms with E-state index < -0.39 is 0 Å². The number of fused-ring (bicyclic) bond motifs is 2. The van der Waals surface area contributed by atoms with Crippen LogP contribution in [0.5, 0.6) is 0 Å². The number of aromatic nitrogens is 2. The molecule has 1 fully saturated rings. The predicted octanol–water partition coefficient (Wildman–Crippen LogP) is 3.84. The van der Waals surface area contributed by atoms with Gasteiger partial charge in [-0.15, -0.1) is 11.3 Å². The molecule has 7 heteroatoms. The van der Waals surface area contributed by atoms with Gasteiger partial charge in [-0.2, -0.15) is 0 Å². The van der Waals surface area contributed by atoms with Gasteiger partial charge >= 0.3 is 0 Å². The zero-order chi connectivity index (χ0) is 21.5. The maximum absolute atomic E-state index is 13.5. The first-order valence-corrected chi connectivity index (χ1v) is 12.6. The topological polar surface area (TPSA) is 69.3 Å². The van der Waals surface area contributed by atoms with Crippen LogP contribution in [-0.2, 0) is 25.8 Å². The van der Waals surface area contributed by atoms with Gasteiger partial charge in [0.2, 0.25) is 0 Å². The Hall–Kier alpha value is -1.99. The summed E-state index contributed by atoms with van der Waals surface area (Å²) >= 11 is 1.68. The van der Waals surface area contributed by atoms with Gasteiger partial charge in [-0.1, -0.05) is 6.42 Å². The summed E-state index contributed by atoms with van der Waals surface area (Å²) in [4.78, 5) is 40.8. The Morgan fingerprint density at radius 3 is 2.84 bits per heavy atom. The lowest BCUT2D eigenvalue weighted by Gasteiger charge is -2.31. The molecule has 0 bridgehead atoms. The number of carbonyl (C=O) groups excluding carboxylic acids is 1. The number of hydrogen-bond acceptors (Lipinski definition) is 5. The number of H-pyrrole nitrogens is 1. The van der Waals surface area contributed by atoms with Crippen LogP contribution in [0, 0.1) is 0 Å². The highest BCUT2D eigenvalue weighted by Crippen LogP contribution is 2.35. The molecule has 2 aromatic rings. The molecule has 1 unspecified atom stereocenters. The van der Waals surface area contributed by atoms with Gasteiger partial charge in [0, 0.05) is 36.1 Å². The smallest absolute Gasteiger partial charge is 0.264 e. The Labute approximate surface area is 187 Å². The third-order valence-electron chi connectivity index (χ3n) is 7.14. The number of rotatable bonds is 3. The van der Waals surface area contributed by atoms with Crippen molar-refractivity contribution in [3.05, 3.63) is 48.8 Å². The molecule has 1 atom stereocenters. The van der Waals surface area contributed by atoms with E-state index in [0.29, 0.717) is 18.4 Å². The quantitative estimate of drug-likeness (QED) is 0.736. The Morgan fingerprint density at radius 1 is 1.16 bits per heavy atom. The van der Waals surface area contributed by atoms with Gasteiger partial charge < -0.3 is 9.88 Å². The number of thiophene rings is 1. The lowest BCUT2D eigenvalue weighted by atomic mass is 10.0. The lowest BCUT2D eigenvalue weighted by molar-refractivity contribution is 0.0734. The van der Waals surface area contributed by atoms with Gasteiger partial charge in [0.05, 0.1) is 16.6 Å². The first-order valence-electron chi connectivity index (χ1n) is 11.8. The van der Waals surface area contributed by atoms with Gasteiger partial charge in [0.15, 0.2) is 0 Å². The average molecular weight is 441 g/mol. The second-order valence-electron chi connectivity index (χ2n) is 9.47. The molecule has 0 aromatic carbocycles. The molecule has 3 aliphatic rings. The fourth-order valence-corrected chi connectivity index (χ4v) is 6.50. The normalized spacial score (nSPS) is 21.8. The molecular weight excluding hydrogens is 408 g/mol. The number of nitrogens with zero attached hydrogens (tertiary/aromatic N) is 3. The molecule has 0 spiro atoms. The molecule has 1 N–H and O–H groups in total. The van der Waals surface area contributed by atoms with Crippen LogP contribution in [0.15, 0.2) is 10.9 Å². The highest BCUT2D eigenvalue weighted by molar-refractivity contribution is 7.14. The number of carbonyl (C=O) groups is 1. The summed E-state index contributed by atoms with van der Waals surface area (Å²) in [6.45, 7) is 6.69. The van der Waals surface area contributed by atoms with Crippen LogP contribution in [0.4, 0.5) is 0 Å². The summed E-state index contributed by atoms with van der Waals surface area (Å²) in [5.41, 5.74) is 3.06. The Balaban J connectivity index is 1.42. The van der Waals surface area contributed by atoms with Gasteiger partial charge in [-0.25, -0.2) is 4.98 Å². The molecule has 1 saturated heterocycles. The number of amides is 1. The van der Waals surface area contributed by atoms with Crippen molar-refractivity contribution in [2.45, 2.75) is 83.8 Å². The van der Waals surface area contributed by atoms with Crippen molar-refractivity contribution in [2.75, 3.05) is 13.1 Å². The largest absolute Gasteiger partial charge is 0.328 e. The molecular formula is C24H32N4O2S. The molecule has 0 saturated carbocycles. The molecule has 1 aliphatic carbocycles. The number of likely N-dealkylation sites (tertiary alicyclic amines) is 1. The fourth-order valence-electron chi connectivity index (χ4n) is 5.29. The lowest BCUT2D eigenvalue weighted by Crippen LogP contribution is -2.40. The number of hydrogen-bond donors (Lipinski definition) is 1. The standard InChI is InChI=1S/C24H32N4O2S/c1-15(2)27-12-10-17-18(14-27)25-22(26-23(17)29)19-8-6-11-28(19)24(30)21-13-16-7-4-3-5-9-20(16)31-21/h13,15,19H,3-12,14H2,1-2H3,(H,25,26,29). The van der Waals surface area contributed by atoms with Crippen LogP contribution in [-0.4, -0.2) is 44.8 Å². The van der Waals surface area contributed by atoms with Crippen molar-refractivity contribution in [3.8, 4) is 0 Å². The molecule has 31 heavy (non-hydrogen) atoms. The maximum atomic E-state index is 13.5. The van der Waals surface area contributed by atoms with Crippen molar-refractivity contribution < 1.29 is 4.79 Å². The molecule has 2 aliphatic heterocycles.